The molecule has 0 saturated heterocycles. The Morgan fingerprint density at radius 3 is 1.86 bits per heavy atom. The van der Waals surface area contributed by atoms with E-state index in [4.69, 9.17) is 0 Å². The van der Waals surface area contributed by atoms with Gasteiger partial charge in [-0.3, -0.25) is 25.0 Å². The van der Waals surface area contributed by atoms with Crippen LogP contribution < -0.4 is 0 Å². The Balaban J connectivity index is 4.43. The molecule has 0 aromatic rings. The molecule has 1 radical (unpaired) electrons. The van der Waals surface area contributed by atoms with Gasteiger partial charge in [-0.15, -0.1) is 0 Å². The lowest BCUT2D eigenvalue weighted by Gasteiger charge is -2.15. The smallest absolute Gasteiger partial charge is 0.242 e. The molecule has 0 aromatic heterocycles. The highest BCUT2D eigenvalue weighted by Crippen LogP contribution is 2.15. The lowest BCUT2D eigenvalue weighted by molar-refractivity contribution is -0.535. The van der Waals surface area contributed by atoms with E-state index in [1.54, 1.807) is 18.4 Å². The average molecular weight is 413 g/mol. The maximum Gasteiger partial charge on any atom is 0.242 e. The summed E-state index contributed by atoms with van der Waals surface area (Å²) < 4.78 is 0. The van der Waals surface area contributed by atoms with Crippen molar-refractivity contribution in [3.63, 3.8) is 0 Å². The summed E-state index contributed by atoms with van der Waals surface area (Å²) in [6, 6.07) is -2.20. The van der Waals surface area contributed by atoms with Crippen molar-refractivity contribution in [1.82, 2.24) is 0 Å². The van der Waals surface area contributed by atoms with Crippen molar-refractivity contribution in [2.75, 3.05) is 0 Å². The van der Waals surface area contributed by atoms with E-state index in [0.29, 0.717) is 19.3 Å². The van der Waals surface area contributed by atoms with Crippen molar-refractivity contribution in [3.8, 4) is 0 Å². The predicted molar refractivity (Wildman–Crippen MR) is 109 cm³/mol. The fraction of sp³-hybridized carbons (Fsp3) is 0.750. The first-order valence-electron chi connectivity index (χ1n) is 10.1. The molecule has 0 fully saturated rings. The first kappa shape index (κ1) is 26.9. The molecular weight excluding hydrogens is 380 g/mol. The summed E-state index contributed by atoms with van der Waals surface area (Å²) in [7, 11) is 0. The van der Waals surface area contributed by atoms with Crippen molar-refractivity contribution in [2.45, 2.75) is 95.4 Å². The second-order valence-corrected chi connectivity index (χ2v) is 7.00. The molecule has 9 heteroatoms. The molecule has 4 atom stereocenters. The normalized spacial score (nSPS) is 16.0. The quantitative estimate of drug-likeness (QED) is 0.152. The van der Waals surface area contributed by atoms with E-state index in [1.165, 1.54) is 12.2 Å². The molecule has 0 aromatic carbocycles. The molecule has 9 nitrogen and oxygen atoms in total. The van der Waals surface area contributed by atoms with Crippen LogP contribution in [0.3, 0.4) is 0 Å². The van der Waals surface area contributed by atoms with Crippen LogP contribution in [0.15, 0.2) is 24.3 Å². The van der Waals surface area contributed by atoms with Gasteiger partial charge in [0.05, 0.1) is 0 Å². The molecule has 0 spiro atoms. The number of hydrogen-bond acceptors (Lipinski definition) is 7. The monoisotopic (exact) mass is 413 g/mol. The average Bonchev–Trinajstić information content (AvgIpc) is 2.67. The van der Waals surface area contributed by atoms with E-state index in [9.17, 15) is 35.2 Å². The van der Waals surface area contributed by atoms with Crippen LogP contribution >= 0.6 is 0 Å². The van der Waals surface area contributed by atoms with Gasteiger partial charge in [0.25, 0.3) is 0 Å². The number of allylic oxidation sites excluding steroid dienone is 1. The van der Waals surface area contributed by atoms with Gasteiger partial charge in [-0.1, -0.05) is 44.1 Å². The minimum Gasteiger partial charge on any atom is -0.386 e. The van der Waals surface area contributed by atoms with E-state index >= 15 is 0 Å². The fourth-order valence-electron chi connectivity index (χ4n) is 2.91. The fourth-order valence-corrected chi connectivity index (χ4v) is 2.91. The van der Waals surface area contributed by atoms with Crippen LogP contribution in [0.5, 0.6) is 0 Å². The van der Waals surface area contributed by atoms with Gasteiger partial charge in [0, 0.05) is 29.1 Å². The molecule has 0 rings (SSSR count). The SMILES string of the molecule is CC/C=C\CC(C(O)C/C=C\CC(O)C(CCCCCC[C]=O)[N+](=O)[O-])[N+](=O)[O-]. The minimum absolute atomic E-state index is 0.0369. The van der Waals surface area contributed by atoms with E-state index < -0.39 is 34.1 Å². The van der Waals surface area contributed by atoms with Gasteiger partial charge in [-0.2, -0.15) is 0 Å². The van der Waals surface area contributed by atoms with Crippen molar-refractivity contribution >= 4 is 6.29 Å². The first-order valence-corrected chi connectivity index (χ1v) is 10.1. The lowest BCUT2D eigenvalue weighted by Crippen LogP contribution is -2.33. The third-order valence-electron chi connectivity index (χ3n) is 4.66. The molecule has 165 valence electrons. The third kappa shape index (κ3) is 12.8. The molecule has 0 aliphatic rings. The second-order valence-electron chi connectivity index (χ2n) is 7.00. The van der Waals surface area contributed by atoms with Gasteiger partial charge >= 0.3 is 0 Å². The minimum atomic E-state index is -1.17. The van der Waals surface area contributed by atoms with Crippen LogP contribution in [0.25, 0.3) is 0 Å². The van der Waals surface area contributed by atoms with Crippen molar-refractivity contribution in [1.29, 1.82) is 0 Å². The van der Waals surface area contributed by atoms with Crippen molar-refractivity contribution in [2.24, 2.45) is 0 Å². The van der Waals surface area contributed by atoms with Crippen LogP contribution in [-0.2, 0) is 4.79 Å². The molecule has 0 heterocycles. The van der Waals surface area contributed by atoms with E-state index in [-0.39, 0.29) is 25.7 Å². The maximum absolute atomic E-state index is 11.2. The summed E-state index contributed by atoms with van der Waals surface area (Å²) in [5.74, 6) is 0. The maximum atomic E-state index is 11.2. The van der Waals surface area contributed by atoms with Gasteiger partial charge in [0.1, 0.15) is 12.2 Å². The van der Waals surface area contributed by atoms with Crippen molar-refractivity contribution in [3.05, 3.63) is 44.5 Å². The topological polar surface area (TPSA) is 144 Å². The zero-order valence-corrected chi connectivity index (χ0v) is 17.0. The van der Waals surface area contributed by atoms with Crippen LogP contribution in [0.1, 0.15) is 71.1 Å². The van der Waals surface area contributed by atoms with Crippen LogP contribution in [0.2, 0.25) is 0 Å². The van der Waals surface area contributed by atoms with Crippen LogP contribution in [0.4, 0.5) is 0 Å². The summed E-state index contributed by atoms with van der Waals surface area (Å²) in [6.45, 7) is 1.91. The summed E-state index contributed by atoms with van der Waals surface area (Å²) >= 11 is 0. The molecule has 0 saturated carbocycles. The number of carbonyl (C=O) groups excluding carboxylic acids is 1. The molecule has 2 N–H and O–H groups in total. The summed E-state index contributed by atoms with van der Waals surface area (Å²) in [4.78, 5) is 31.4. The molecule has 0 amide bonds. The van der Waals surface area contributed by atoms with Gasteiger partial charge < -0.3 is 10.2 Å². The van der Waals surface area contributed by atoms with Gasteiger partial charge in [-0.25, -0.2) is 0 Å². The van der Waals surface area contributed by atoms with E-state index in [2.05, 4.69) is 0 Å². The Hall–Kier alpha value is -2.13. The number of nitrogens with zero attached hydrogens (tertiary/aromatic N) is 2. The standard InChI is InChI=1S/C20H33N2O7/c1-2-3-7-12-17(21(26)27)19(24)14-9-10-15-20(25)18(22(28)29)13-8-5-4-6-11-16-23/h3,7,9-10,17-20,24-25H,2,4-6,8,11-15H2,1H3/b7-3-,10-9-. The molecule has 0 aliphatic heterocycles. The predicted octanol–water partition coefficient (Wildman–Crippen LogP) is 3.14. The lowest BCUT2D eigenvalue weighted by atomic mass is 10.00. The van der Waals surface area contributed by atoms with Crippen LogP contribution in [-0.4, -0.2) is 50.6 Å². The van der Waals surface area contributed by atoms with Gasteiger partial charge in [0.2, 0.25) is 12.1 Å². The van der Waals surface area contributed by atoms with E-state index in [1.807, 2.05) is 6.92 Å². The number of nitro groups is 2. The molecule has 29 heavy (non-hydrogen) atoms. The molecular formula is C20H33N2O7. The summed E-state index contributed by atoms with van der Waals surface area (Å²) in [5.41, 5.74) is 0. The Morgan fingerprint density at radius 2 is 1.34 bits per heavy atom. The van der Waals surface area contributed by atoms with E-state index in [0.717, 1.165) is 19.3 Å². The Kier molecular flexibility index (Phi) is 15.6. The zero-order valence-electron chi connectivity index (χ0n) is 17.0. The number of hydrogen-bond donors (Lipinski definition) is 2. The first-order chi connectivity index (χ1) is 13.8. The zero-order chi connectivity index (χ0) is 22.1. The highest BCUT2D eigenvalue weighted by molar-refractivity contribution is 5.50. The Labute approximate surface area is 171 Å². The number of unbranched alkanes of at least 4 members (excludes halogenated alkanes) is 4. The summed E-state index contributed by atoms with van der Waals surface area (Å²) in [5, 5.41) is 42.4. The highest BCUT2D eigenvalue weighted by atomic mass is 16.6. The van der Waals surface area contributed by atoms with Gasteiger partial charge in [-0.05, 0) is 32.1 Å². The van der Waals surface area contributed by atoms with Crippen molar-refractivity contribution < 1.29 is 24.9 Å². The number of aliphatic hydroxyl groups is 2. The largest absolute Gasteiger partial charge is 0.386 e. The van der Waals surface area contributed by atoms with Gasteiger partial charge in [0.15, 0.2) is 6.29 Å². The highest BCUT2D eigenvalue weighted by Gasteiger charge is 2.29. The third-order valence-corrected chi connectivity index (χ3v) is 4.66. The summed E-state index contributed by atoms with van der Waals surface area (Å²) in [6.07, 6.45) is 10.4. The second kappa shape index (κ2) is 16.8. The molecule has 4 unspecified atom stereocenters. The number of rotatable bonds is 18. The molecule has 0 aliphatic carbocycles. The Morgan fingerprint density at radius 1 is 0.828 bits per heavy atom. The molecule has 0 bridgehead atoms. The Bertz CT molecular complexity index is 537. The number of aliphatic hydroxyl groups excluding tert-OH is 2. The van der Waals surface area contributed by atoms with Crippen LogP contribution in [0, 0.1) is 20.2 Å².